The van der Waals surface area contributed by atoms with Gasteiger partial charge in [0, 0.05) is 18.2 Å². The van der Waals surface area contributed by atoms with Crippen molar-refractivity contribution in [2.75, 3.05) is 7.05 Å². The molecule has 0 atom stereocenters. The average Bonchev–Trinajstić information content (AvgIpc) is 3.03. The van der Waals surface area contributed by atoms with E-state index in [1.165, 1.54) is 18.9 Å². The number of nitrogens with two attached hydrogens (primary N) is 1. The smallest absolute Gasteiger partial charge is 0.138 e. The predicted octanol–water partition coefficient (Wildman–Crippen LogP) is 1.70. The summed E-state index contributed by atoms with van der Waals surface area (Å²) in [6.07, 6.45) is 2.40. The van der Waals surface area contributed by atoms with Gasteiger partial charge in [-0.2, -0.15) is 0 Å². The van der Waals surface area contributed by atoms with Crippen LogP contribution in [0.25, 0.3) is 0 Å². The largest absolute Gasteiger partial charge is 0.384 e. The van der Waals surface area contributed by atoms with E-state index in [2.05, 4.69) is 4.90 Å². The lowest BCUT2D eigenvalue weighted by Gasteiger charge is -2.16. The van der Waals surface area contributed by atoms with Crippen molar-refractivity contribution in [1.82, 2.24) is 4.90 Å². The Balaban J connectivity index is 2.19. The normalized spacial score (nSPS) is 15.4. The summed E-state index contributed by atoms with van der Waals surface area (Å²) in [5, 5.41) is 7.28. The number of hydrogen-bond acceptors (Lipinski definition) is 2. The Kier molecular flexibility index (Phi) is 2.92. The molecule has 1 aromatic carbocycles. The Morgan fingerprint density at radius 3 is 2.81 bits per heavy atom. The highest BCUT2D eigenvalue weighted by Gasteiger charge is 2.26. The minimum absolute atomic E-state index is 0.196. The molecule has 1 aliphatic rings. The summed E-state index contributed by atoms with van der Waals surface area (Å²) < 4.78 is 13.9. The quantitative estimate of drug-likeness (QED) is 0.600. The first-order chi connectivity index (χ1) is 7.59. The molecule has 4 heteroatoms. The molecular formula is C12H16FN3. The van der Waals surface area contributed by atoms with E-state index in [0.717, 1.165) is 0 Å². The minimum atomic E-state index is -0.359. The second-order valence-corrected chi connectivity index (χ2v) is 4.34. The Morgan fingerprint density at radius 1 is 1.56 bits per heavy atom. The lowest BCUT2D eigenvalue weighted by atomic mass is 10.1. The zero-order valence-corrected chi connectivity index (χ0v) is 9.33. The fourth-order valence-electron chi connectivity index (χ4n) is 1.82. The van der Waals surface area contributed by atoms with Gasteiger partial charge in [0.2, 0.25) is 0 Å². The van der Waals surface area contributed by atoms with Gasteiger partial charge < -0.3 is 5.73 Å². The lowest BCUT2D eigenvalue weighted by molar-refractivity contribution is 0.311. The number of nitrogen functional groups attached to an aromatic ring is 1. The molecule has 16 heavy (non-hydrogen) atoms. The number of nitrogens with one attached hydrogen (secondary N) is 1. The summed E-state index contributed by atoms with van der Waals surface area (Å²) in [7, 11) is 2.00. The molecule has 1 aromatic rings. The van der Waals surface area contributed by atoms with E-state index >= 15 is 0 Å². The molecule has 0 amide bonds. The summed E-state index contributed by atoms with van der Waals surface area (Å²) in [5.41, 5.74) is 6.13. The number of amidine groups is 1. The SMILES string of the molecule is CN(Cc1cccc(C(=N)N)c1F)C1CC1. The number of benzene rings is 1. The van der Waals surface area contributed by atoms with Crippen molar-refractivity contribution in [2.24, 2.45) is 5.73 Å². The third kappa shape index (κ3) is 2.22. The number of hydrogen-bond donors (Lipinski definition) is 2. The van der Waals surface area contributed by atoms with Crippen LogP contribution in [0.3, 0.4) is 0 Å². The number of nitrogens with zero attached hydrogens (tertiary/aromatic N) is 1. The van der Waals surface area contributed by atoms with Gasteiger partial charge in [-0.3, -0.25) is 10.3 Å². The summed E-state index contributed by atoms with van der Waals surface area (Å²) in [4.78, 5) is 2.14. The van der Waals surface area contributed by atoms with Gasteiger partial charge in [-0.15, -0.1) is 0 Å². The van der Waals surface area contributed by atoms with Crippen LogP contribution in [-0.4, -0.2) is 23.8 Å². The van der Waals surface area contributed by atoms with Crippen LogP contribution in [0.5, 0.6) is 0 Å². The van der Waals surface area contributed by atoms with E-state index in [-0.39, 0.29) is 17.2 Å². The molecule has 0 spiro atoms. The van der Waals surface area contributed by atoms with Crippen LogP contribution in [0.1, 0.15) is 24.0 Å². The zero-order chi connectivity index (χ0) is 11.7. The Labute approximate surface area is 94.6 Å². The number of halogens is 1. The van der Waals surface area contributed by atoms with Crippen LogP contribution in [0.4, 0.5) is 4.39 Å². The second kappa shape index (κ2) is 4.22. The topological polar surface area (TPSA) is 53.1 Å². The number of rotatable bonds is 4. The van der Waals surface area contributed by atoms with Gasteiger partial charge in [0.1, 0.15) is 11.7 Å². The molecule has 0 heterocycles. The molecule has 0 saturated heterocycles. The van der Waals surface area contributed by atoms with Gasteiger partial charge in [0.25, 0.3) is 0 Å². The van der Waals surface area contributed by atoms with Crippen LogP contribution in [-0.2, 0) is 6.54 Å². The third-order valence-electron chi connectivity index (χ3n) is 2.96. The Morgan fingerprint density at radius 2 is 2.25 bits per heavy atom. The Bertz CT molecular complexity index is 413. The van der Waals surface area contributed by atoms with E-state index in [9.17, 15) is 4.39 Å². The molecule has 0 aromatic heterocycles. The molecule has 2 rings (SSSR count). The fraction of sp³-hybridized carbons (Fsp3) is 0.417. The van der Waals surface area contributed by atoms with Gasteiger partial charge in [-0.25, -0.2) is 4.39 Å². The highest BCUT2D eigenvalue weighted by atomic mass is 19.1. The molecule has 0 unspecified atom stereocenters. The van der Waals surface area contributed by atoms with Crippen LogP contribution in [0.2, 0.25) is 0 Å². The lowest BCUT2D eigenvalue weighted by Crippen LogP contribution is -2.22. The van der Waals surface area contributed by atoms with Gasteiger partial charge >= 0.3 is 0 Å². The van der Waals surface area contributed by atoms with Crippen molar-refractivity contribution < 1.29 is 4.39 Å². The van der Waals surface area contributed by atoms with Crippen molar-refractivity contribution in [2.45, 2.75) is 25.4 Å². The first kappa shape index (κ1) is 11.1. The molecule has 1 aliphatic carbocycles. The summed E-state index contributed by atoms with van der Waals surface area (Å²) >= 11 is 0. The summed E-state index contributed by atoms with van der Waals surface area (Å²) in [5.74, 6) is -0.573. The molecule has 0 radical (unpaired) electrons. The average molecular weight is 221 g/mol. The molecule has 0 aliphatic heterocycles. The molecule has 1 saturated carbocycles. The van der Waals surface area contributed by atoms with E-state index in [0.29, 0.717) is 18.2 Å². The van der Waals surface area contributed by atoms with E-state index in [1.54, 1.807) is 12.1 Å². The van der Waals surface area contributed by atoms with Crippen LogP contribution >= 0.6 is 0 Å². The fourth-order valence-corrected chi connectivity index (χ4v) is 1.82. The molecule has 1 fully saturated rings. The van der Waals surface area contributed by atoms with Gasteiger partial charge in [0.15, 0.2) is 0 Å². The van der Waals surface area contributed by atoms with Crippen molar-refractivity contribution in [3.05, 3.63) is 35.1 Å². The second-order valence-electron chi connectivity index (χ2n) is 4.34. The standard InChI is InChI=1S/C12H16FN3/c1-16(9-5-6-9)7-8-3-2-4-10(11(8)13)12(14)15/h2-4,9H,5-7H2,1H3,(H3,14,15). The first-order valence-corrected chi connectivity index (χ1v) is 5.41. The van der Waals surface area contributed by atoms with Crippen molar-refractivity contribution in [3.63, 3.8) is 0 Å². The highest BCUT2D eigenvalue weighted by molar-refractivity contribution is 5.95. The van der Waals surface area contributed by atoms with E-state index in [1.807, 2.05) is 7.05 Å². The van der Waals surface area contributed by atoms with Crippen LogP contribution in [0, 0.1) is 11.2 Å². The van der Waals surface area contributed by atoms with Crippen molar-refractivity contribution >= 4 is 5.84 Å². The molecule has 3 N–H and O–H groups in total. The predicted molar refractivity (Wildman–Crippen MR) is 61.9 cm³/mol. The monoisotopic (exact) mass is 221 g/mol. The summed E-state index contributed by atoms with van der Waals surface area (Å²) in [6, 6.07) is 5.63. The maximum Gasteiger partial charge on any atom is 0.138 e. The van der Waals surface area contributed by atoms with Gasteiger partial charge in [-0.1, -0.05) is 12.1 Å². The van der Waals surface area contributed by atoms with E-state index in [4.69, 9.17) is 11.1 Å². The van der Waals surface area contributed by atoms with Crippen LogP contribution < -0.4 is 5.73 Å². The molecular weight excluding hydrogens is 205 g/mol. The Hall–Kier alpha value is -1.42. The summed E-state index contributed by atoms with van der Waals surface area (Å²) in [6.45, 7) is 0.581. The third-order valence-corrected chi connectivity index (χ3v) is 2.96. The zero-order valence-electron chi connectivity index (χ0n) is 9.33. The minimum Gasteiger partial charge on any atom is -0.384 e. The van der Waals surface area contributed by atoms with Crippen molar-refractivity contribution in [3.8, 4) is 0 Å². The highest BCUT2D eigenvalue weighted by Crippen LogP contribution is 2.27. The van der Waals surface area contributed by atoms with Crippen molar-refractivity contribution in [1.29, 1.82) is 5.41 Å². The maximum atomic E-state index is 13.9. The van der Waals surface area contributed by atoms with E-state index < -0.39 is 0 Å². The molecule has 86 valence electrons. The van der Waals surface area contributed by atoms with Crippen LogP contribution in [0.15, 0.2) is 18.2 Å². The molecule has 3 nitrogen and oxygen atoms in total. The molecule has 0 bridgehead atoms. The first-order valence-electron chi connectivity index (χ1n) is 5.41. The maximum absolute atomic E-state index is 13.9. The van der Waals surface area contributed by atoms with Gasteiger partial charge in [-0.05, 0) is 26.0 Å². The van der Waals surface area contributed by atoms with Gasteiger partial charge in [0.05, 0.1) is 5.56 Å².